The first-order valence-corrected chi connectivity index (χ1v) is 6.85. The third-order valence-corrected chi connectivity index (χ3v) is 3.72. The van der Waals surface area contributed by atoms with Gasteiger partial charge in [0.2, 0.25) is 5.95 Å². The van der Waals surface area contributed by atoms with Crippen LogP contribution in [0.2, 0.25) is 0 Å². The summed E-state index contributed by atoms with van der Waals surface area (Å²) in [6.07, 6.45) is 4.15. The number of hydrazine groups is 1. The fourth-order valence-electron chi connectivity index (χ4n) is 2.64. The zero-order chi connectivity index (χ0) is 13.9. The highest BCUT2D eigenvalue weighted by Crippen LogP contribution is 2.25. The monoisotopic (exact) mass is 277 g/mol. The molecule has 8 nitrogen and oxygen atoms in total. The van der Waals surface area contributed by atoms with Gasteiger partial charge in [-0.25, -0.2) is 5.84 Å². The SMILES string of the molecule is CCC1OCCC1CNc1nc(NN)nc2[nH]ncc12. The number of ether oxygens (including phenoxy) is 1. The second kappa shape index (κ2) is 5.59. The van der Waals surface area contributed by atoms with Crippen molar-refractivity contribution in [3.05, 3.63) is 6.20 Å². The standard InChI is InChI=1S/C12H19N7O/c1-2-9-7(3-4-20-9)5-14-10-8-6-15-19-11(8)17-12(16-10)18-13/h6-7,9H,2-5,13H2,1H3,(H3,14,15,16,17,18,19). The summed E-state index contributed by atoms with van der Waals surface area (Å²) < 4.78 is 5.70. The predicted octanol–water partition coefficient (Wildman–Crippen LogP) is 0.866. The van der Waals surface area contributed by atoms with Gasteiger partial charge < -0.3 is 10.1 Å². The molecule has 1 fully saturated rings. The van der Waals surface area contributed by atoms with Crippen LogP contribution in [-0.2, 0) is 4.74 Å². The Morgan fingerprint density at radius 1 is 1.50 bits per heavy atom. The number of nitrogens with one attached hydrogen (secondary N) is 3. The van der Waals surface area contributed by atoms with Crippen molar-refractivity contribution in [3.63, 3.8) is 0 Å². The lowest BCUT2D eigenvalue weighted by molar-refractivity contribution is 0.0900. The summed E-state index contributed by atoms with van der Waals surface area (Å²) in [6.45, 7) is 3.81. The molecular weight excluding hydrogens is 258 g/mol. The van der Waals surface area contributed by atoms with Crippen LogP contribution in [0.3, 0.4) is 0 Å². The second-order valence-corrected chi connectivity index (χ2v) is 4.92. The summed E-state index contributed by atoms with van der Waals surface area (Å²) in [5.41, 5.74) is 3.12. The fourth-order valence-corrected chi connectivity index (χ4v) is 2.64. The van der Waals surface area contributed by atoms with Crippen molar-refractivity contribution >= 4 is 22.8 Å². The predicted molar refractivity (Wildman–Crippen MR) is 76.1 cm³/mol. The fraction of sp³-hybridized carbons (Fsp3) is 0.583. The molecule has 0 spiro atoms. The number of nitrogens with two attached hydrogens (primary N) is 1. The van der Waals surface area contributed by atoms with Crippen molar-refractivity contribution in [1.29, 1.82) is 0 Å². The molecule has 20 heavy (non-hydrogen) atoms. The van der Waals surface area contributed by atoms with Crippen LogP contribution in [0.15, 0.2) is 6.20 Å². The summed E-state index contributed by atoms with van der Waals surface area (Å²) in [5.74, 6) is 6.98. The van der Waals surface area contributed by atoms with Gasteiger partial charge >= 0.3 is 0 Å². The lowest BCUT2D eigenvalue weighted by Crippen LogP contribution is -2.23. The van der Waals surface area contributed by atoms with Crippen LogP contribution in [-0.4, -0.2) is 39.4 Å². The van der Waals surface area contributed by atoms with Crippen LogP contribution in [0.1, 0.15) is 19.8 Å². The van der Waals surface area contributed by atoms with E-state index in [1.54, 1.807) is 6.20 Å². The molecule has 1 aliphatic rings. The highest BCUT2D eigenvalue weighted by molar-refractivity contribution is 5.86. The Kier molecular flexibility index (Phi) is 3.66. The van der Waals surface area contributed by atoms with Gasteiger partial charge in [-0.15, -0.1) is 0 Å². The van der Waals surface area contributed by atoms with E-state index in [-0.39, 0.29) is 0 Å². The molecular formula is C12H19N7O. The molecule has 2 aromatic heterocycles. The molecule has 5 N–H and O–H groups in total. The first-order chi connectivity index (χ1) is 9.81. The van der Waals surface area contributed by atoms with Crippen LogP contribution in [0.25, 0.3) is 11.0 Å². The first-order valence-electron chi connectivity index (χ1n) is 6.85. The average molecular weight is 277 g/mol. The molecule has 2 aromatic rings. The zero-order valence-corrected chi connectivity index (χ0v) is 11.4. The molecule has 0 bridgehead atoms. The molecule has 1 saturated heterocycles. The number of H-pyrrole nitrogens is 1. The van der Waals surface area contributed by atoms with Crippen LogP contribution in [0, 0.1) is 5.92 Å². The Labute approximate surface area is 116 Å². The zero-order valence-electron chi connectivity index (χ0n) is 11.4. The van der Waals surface area contributed by atoms with Gasteiger partial charge in [0.1, 0.15) is 5.82 Å². The van der Waals surface area contributed by atoms with Gasteiger partial charge in [-0.2, -0.15) is 15.1 Å². The summed E-state index contributed by atoms with van der Waals surface area (Å²) in [7, 11) is 0. The molecule has 0 radical (unpaired) electrons. The van der Waals surface area contributed by atoms with E-state index in [0.29, 0.717) is 23.6 Å². The summed E-state index contributed by atoms with van der Waals surface area (Å²) in [5, 5.41) is 11.0. The molecule has 8 heteroatoms. The number of nitrogen functional groups attached to an aromatic ring is 1. The number of rotatable bonds is 5. The van der Waals surface area contributed by atoms with E-state index in [0.717, 1.165) is 37.2 Å². The van der Waals surface area contributed by atoms with Gasteiger partial charge in [-0.3, -0.25) is 10.5 Å². The van der Waals surface area contributed by atoms with Crippen molar-refractivity contribution in [2.45, 2.75) is 25.9 Å². The van der Waals surface area contributed by atoms with Gasteiger partial charge in [0, 0.05) is 19.1 Å². The van der Waals surface area contributed by atoms with E-state index in [1.807, 2.05) is 0 Å². The van der Waals surface area contributed by atoms with Gasteiger partial charge in [-0.1, -0.05) is 6.92 Å². The highest BCUT2D eigenvalue weighted by atomic mass is 16.5. The Hall–Kier alpha value is -1.93. The molecule has 2 unspecified atom stereocenters. The maximum atomic E-state index is 5.70. The first kappa shape index (κ1) is 13.1. The molecule has 0 aliphatic carbocycles. The summed E-state index contributed by atoms with van der Waals surface area (Å²) >= 11 is 0. The number of anilines is 2. The van der Waals surface area contributed by atoms with Crippen molar-refractivity contribution in [2.24, 2.45) is 11.8 Å². The minimum absolute atomic E-state index is 0.330. The molecule has 3 rings (SSSR count). The number of fused-ring (bicyclic) bond motifs is 1. The molecule has 0 aromatic carbocycles. The molecule has 0 saturated carbocycles. The van der Waals surface area contributed by atoms with Crippen LogP contribution < -0.4 is 16.6 Å². The average Bonchev–Trinajstić information content (AvgIpc) is 3.12. The minimum atomic E-state index is 0.330. The number of aromatic amines is 1. The lowest BCUT2D eigenvalue weighted by atomic mass is 10.00. The van der Waals surface area contributed by atoms with Gasteiger partial charge in [0.25, 0.3) is 0 Å². The van der Waals surface area contributed by atoms with Gasteiger partial charge in [0.15, 0.2) is 5.65 Å². The third-order valence-electron chi connectivity index (χ3n) is 3.72. The van der Waals surface area contributed by atoms with E-state index in [9.17, 15) is 0 Å². The molecule has 1 aliphatic heterocycles. The van der Waals surface area contributed by atoms with Gasteiger partial charge in [-0.05, 0) is 12.8 Å². The van der Waals surface area contributed by atoms with Crippen molar-refractivity contribution in [3.8, 4) is 0 Å². The van der Waals surface area contributed by atoms with Crippen molar-refractivity contribution in [2.75, 3.05) is 23.9 Å². The quantitative estimate of drug-likeness (QED) is 0.473. The summed E-state index contributed by atoms with van der Waals surface area (Å²) in [4.78, 5) is 8.54. The highest BCUT2D eigenvalue weighted by Gasteiger charge is 2.26. The van der Waals surface area contributed by atoms with Gasteiger partial charge in [0.05, 0.1) is 17.7 Å². The Bertz CT molecular complexity index is 584. The van der Waals surface area contributed by atoms with E-state index >= 15 is 0 Å². The third kappa shape index (κ3) is 2.39. The Morgan fingerprint density at radius 2 is 2.40 bits per heavy atom. The van der Waals surface area contributed by atoms with E-state index < -0.39 is 0 Å². The molecule has 108 valence electrons. The molecule has 0 amide bonds. The Balaban J connectivity index is 1.78. The maximum absolute atomic E-state index is 5.70. The number of hydrogen-bond donors (Lipinski definition) is 4. The van der Waals surface area contributed by atoms with Crippen LogP contribution in [0.4, 0.5) is 11.8 Å². The molecule has 3 heterocycles. The smallest absolute Gasteiger partial charge is 0.241 e. The molecule has 2 atom stereocenters. The van der Waals surface area contributed by atoms with Crippen LogP contribution in [0.5, 0.6) is 0 Å². The maximum Gasteiger partial charge on any atom is 0.241 e. The normalized spacial score (nSPS) is 22.3. The Morgan fingerprint density at radius 3 is 3.20 bits per heavy atom. The number of aromatic nitrogens is 4. The summed E-state index contributed by atoms with van der Waals surface area (Å²) in [6, 6.07) is 0. The van der Waals surface area contributed by atoms with Crippen molar-refractivity contribution < 1.29 is 4.74 Å². The number of hydrogen-bond acceptors (Lipinski definition) is 7. The van der Waals surface area contributed by atoms with E-state index in [4.69, 9.17) is 10.6 Å². The minimum Gasteiger partial charge on any atom is -0.378 e. The second-order valence-electron chi connectivity index (χ2n) is 4.92. The largest absolute Gasteiger partial charge is 0.378 e. The van der Waals surface area contributed by atoms with E-state index in [2.05, 4.69) is 37.8 Å². The van der Waals surface area contributed by atoms with Crippen molar-refractivity contribution in [1.82, 2.24) is 20.2 Å². The van der Waals surface area contributed by atoms with Crippen LogP contribution >= 0.6 is 0 Å². The van der Waals surface area contributed by atoms with E-state index in [1.165, 1.54) is 0 Å². The number of nitrogens with zero attached hydrogens (tertiary/aromatic N) is 3. The lowest BCUT2D eigenvalue weighted by Gasteiger charge is -2.17. The topological polar surface area (TPSA) is 114 Å².